The maximum atomic E-state index is 6.26. The Morgan fingerprint density at radius 1 is 0.958 bits per heavy atom. The van der Waals surface area contributed by atoms with E-state index in [2.05, 4.69) is 52.7 Å². The van der Waals surface area contributed by atoms with Gasteiger partial charge in [0.1, 0.15) is 0 Å². The zero-order valence-corrected chi connectivity index (χ0v) is 14.2. The van der Waals surface area contributed by atoms with Gasteiger partial charge in [-0.15, -0.1) is 0 Å². The van der Waals surface area contributed by atoms with Gasteiger partial charge in [-0.25, -0.2) is 0 Å². The third kappa shape index (κ3) is 3.16. The summed E-state index contributed by atoms with van der Waals surface area (Å²) in [4.78, 5) is 7.44. The molecule has 1 aliphatic heterocycles. The molecule has 4 heteroatoms. The number of piperazine rings is 1. The standard InChI is InChI=1S/C20H20ClN3/c21-17-6-3-5-16(14-17)20(24-12-10-22-11-13-24)19-9-8-15-4-1-2-7-18(15)23-19/h1-9,14,20,22H,10-13H2. The summed E-state index contributed by atoms with van der Waals surface area (Å²) in [6.07, 6.45) is 0. The highest BCUT2D eigenvalue weighted by Gasteiger charge is 2.25. The van der Waals surface area contributed by atoms with Crippen molar-refractivity contribution >= 4 is 22.5 Å². The van der Waals surface area contributed by atoms with Gasteiger partial charge in [0.05, 0.1) is 17.3 Å². The van der Waals surface area contributed by atoms with Gasteiger partial charge in [0.15, 0.2) is 0 Å². The first-order valence-electron chi connectivity index (χ1n) is 8.37. The zero-order valence-electron chi connectivity index (χ0n) is 13.5. The van der Waals surface area contributed by atoms with Gasteiger partial charge in [0.2, 0.25) is 0 Å². The summed E-state index contributed by atoms with van der Waals surface area (Å²) in [7, 11) is 0. The van der Waals surface area contributed by atoms with Crippen molar-refractivity contribution in [1.29, 1.82) is 0 Å². The molecule has 1 fully saturated rings. The predicted molar refractivity (Wildman–Crippen MR) is 99.5 cm³/mol. The molecule has 0 saturated carbocycles. The number of halogens is 1. The summed E-state index contributed by atoms with van der Waals surface area (Å²) in [6, 6.07) is 20.9. The molecule has 1 unspecified atom stereocenters. The molecule has 3 nitrogen and oxygen atoms in total. The Bertz CT molecular complexity index is 843. The van der Waals surface area contributed by atoms with Crippen LogP contribution in [0.1, 0.15) is 17.3 Å². The van der Waals surface area contributed by atoms with Crippen molar-refractivity contribution in [3.8, 4) is 0 Å². The van der Waals surface area contributed by atoms with Crippen LogP contribution in [0.25, 0.3) is 10.9 Å². The van der Waals surface area contributed by atoms with Crippen LogP contribution in [0.15, 0.2) is 60.7 Å². The van der Waals surface area contributed by atoms with Crippen molar-refractivity contribution in [2.75, 3.05) is 26.2 Å². The van der Waals surface area contributed by atoms with Crippen molar-refractivity contribution in [3.05, 3.63) is 76.9 Å². The first-order valence-corrected chi connectivity index (χ1v) is 8.75. The molecule has 0 radical (unpaired) electrons. The number of nitrogens with zero attached hydrogens (tertiary/aromatic N) is 2. The van der Waals surface area contributed by atoms with E-state index in [1.807, 2.05) is 18.2 Å². The molecule has 0 aliphatic carbocycles. The van der Waals surface area contributed by atoms with Crippen LogP contribution < -0.4 is 5.32 Å². The molecule has 2 aromatic carbocycles. The second-order valence-electron chi connectivity index (χ2n) is 6.17. The number of hydrogen-bond acceptors (Lipinski definition) is 3. The molecule has 2 heterocycles. The van der Waals surface area contributed by atoms with Crippen molar-refractivity contribution < 1.29 is 0 Å². The SMILES string of the molecule is Clc1cccc(C(c2ccc3ccccc3n2)N2CCNCC2)c1. The molecule has 122 valence electrons. The quantitative estimate of drug-likeness (QED) is 0.786. The van der Waals surface area contributed by atoms with Crippen molar-refractivity contribution in [1.82, 2.24) is 15.2 Å². The number of rotatable bonds is 3. The van der Waals surface area contributed by atoms with Gasteiger partial charge in [0, 0.05) is 36.6 Å². The van der Waals surface area contributed by atoms with E-state index in [0.29, 0.717) is 0 Å². The Morgan fingerprint density at radius 2 is 1.79 bits per heavy atom. The Hall–Kier alpha value is -1.94. The number of nitrogens with one attached hydrogen (secondary N) is 1. The van der Waals surface area contributed by atoms with Crippen LogP contribution >= 0.6 is 11.6 Å². The van der Waals surface area contributed by atoms with E-state index in [4.69, 9.17) is 16.6 Å². The number of pyridine rings is 1. The molecule has 1 saturated heterocycles. The number of para-hydroxylation sites is 1. The minimum Gasteiger partial charge on any atom is -0.314 e. The molecule has 1 aliphatic rings. The van der Waals surface area contributed by atoms with Crippen molar-refractivity contribution in [2.45, 2.75) is 6.04 Å². The van der Waals surface area contributed by atoms with Crippen molar-refractivity contribution in [2.24, 2.45) is 0 Å². The second-order valence-corrected chi connectivity index (χ2v) is 6.61. The largest absolute Gasteiger partial charge is 0.314 e. The number of fused-ring (bicyclic) bond motifs is 1. The highest BCUT2D eigenvalue weighted by Crippen LogP contribution is 2.30. The zero-order chi connectivity index (χ0) is 16.4. The maximum absolute atomic E-state index is 6.26. The lowest BCUT2D eigenvalue weighted by atomic mass is 10.00. The molecule has 4 rings (SSSR count). The second kappa shape index (κ2) is 6.89. The molecule has 1 atom stereocenters. The molecule has 1 aromatic heterocycles. The average molecular weight is 338 g/mol. The van der Waals surface area contributed by atoms with E-state index in [1.165, 1.54) is 10.9 Å². The lowest BCUT2D eigenvalue weighted by Gasteiger charge is -2.35. The monoisotopic (exact) mass is 337 g/mol. The van der Waals surface area contributed by atoms with Crippen molar-refractivity contribution in [3.63, 3.8) is 0 Å². The van der Waals surface area contributed by atoms with Gasteiger partial charge in [-0.05, 0) is 29.8 Å². The third-order valence-corrected chi connectivity index (χ3v) is 4.82. The van der Waals surface area contributed by atoms with Crippen LogP contribution in [0.4, 0.5) is 0 Å². The fraction of sp³-hybridized carbons (Fsp3) is 0.250. The Morgan fingerprint density at radius 3 is 2.62 bits per heavy atom. The van der Waals surface area contributed by atoms with Crippen LogP contribution in [-0.2, 0) is 0 Å². The molecule has 0 spiro atoms. The first kappa shape index (κ1) is 15.6. The lowest BCUT2D eigenvalue weighted by Crippen LogP contribution is -2.45. The summed E-state index contributed by atoms with van der Waals surface area (Å²) in [5.74, 6) is 0. The fourth-order valence-corrected chi connectivity index (χ4v) is 3.62. The van der Waals surface area contributed by atoms with Crippen LogP contribution in [0.2, 0.25) is 5.02 Å². The topological polar surface area (TPSA) is 28.2 Å². The van der Waals surface area contributed by atoms with Crippen LogP contribution in [0, 0.1) is 0 Å². The lowest BCUT2D eigenvalue weighted by molar-refractivity contribution is 0.196. The summed E-state index contributed by atoms with van der Waals surface area (Å²) >= 11 is 6.26. The molecule has 1 N–H and O–H groups in total. The number of benzene rings is 2. The highest BCUT2D eigenvalue weighted by molar-refractivity contribution is 6.30. The van der Waals surface area contributed by atoms with E-state index in [1.54, 1.807) is 0 Å². The summed E-state index contributed by atoms with van der Waals surface area (Å²) < 4.78 is 0. The Balaban J connectivity index is 1.80. The van der Waals surface area contributed by atoms with E-state index in [-0.39, 0.29) is 6.04 Å². The maximum Gasteiger partial charge on any atom is 0.0778 e. The highest BCUT2D eigenvalue weighted by atomic mass is 35.5. The third-order valence-electron chi connectivity index (χ3n) is 4.58. The van der Waals surface area contributed by atoms with Gasteiger partial charge in [-0.2, -0.15) is 0 Å². The normalized spacial score (nSPS) is 17.0. The smallest absolute Gasteiger partial charge is 0.0778 e. The van der Waals surface area contributed by atoms with E-state index < -0.39 is 0 Å². The molecule has 24 heavy (non-hydrogen) atoms. The minimum absolute atomic E-state index is 0.135. The summed E-state index contributed by atoms with van der Waals surface area (Å²) in [5.41, 5.74) is 3.32. The van der Waals surface area contributed by atoms with E-state index >= 15 is 0 Å². The molecule has 3 aromatic rings. The fourth-order valence-electron chi connectivity index (χ4n) is 3.42. The van der Waals surface area contributed by atoms with Gasteiger partial charge >= 0.3 is 0 Å². The summed E-state index contributed by atoms with van der Waals surface area (Å²) in [5, 5.41) is 5.37. The van der Waals surface area contributed by atoms with Gasteiger partial charge in [-0.1, -0.05) is 48.0 Å². The number of hydrogen-bond donors (Lipinski definition) is 1. The Labute approximate surface area is 147 Å². The molecular weight excluding hydrogens is 318 g/mol. The van der Waals surface area contributed by atoms with Gasteiger partial charge in [0.25, 0.3) is 0 Å². The van der Waals surface area contributed by atoms with Gasteiger partial charge < -0.3 is 5.32 Å². The van der Waals surface area contributed by atoms with Gasteiger partial charge in [-0.3, -0.25) is 9.88 Å². The molecule has 0 bridgehead atoms. The number of aromatic nitrogens is 1. The summed E-state index contributed by atoms with van der Waals surface area (Å²) in [6.45, 7) is 4.02. The van der Waals surface area contributed by atoms with Crippen LogP contribution in [0.5, 0.6) is 0 Å². The average Bonchev–Trinajstić information content (AvgIpc) is 2.63. The minimum atomic E-state index is 0.135. The van der Waals surface area contributed by atoms with E-state index in [0.717, 1.165) is 42.4 Å². The molecule has 0 amide bonds. The van der Waals surface area contributed by atoms with Crippen LogP contribution in [0.3, 0.4) is 0 Å². The van der Waals surface area contributed by atoms with Crippen LogP contribution in [-0.4, -0.2) is 36.1 Å². The predicted octanol–water partition coefficient (Wildman–Crippen LogP) is 3.88. The first-order chi connectivity index (χ1) is 11.8. The Kier molecular flexibility index (Phi) is 4.48. The van der Waals surface area contributed by atoms with E-state index in [9.17, 15) is 0 Å². The molecular formula is C20H20ClN3.